The fourth-order valence-electron chi connectivity index (χ4n) is 3.87. The Labute approximate surface area is 179 Å². The van der Waals surface area contributed by atoms with Gasteiger partial charge in [-0.1, -0.05) is 74.4 Å². The van der Waals surface area contributed by atoms with Crippen LogP contribution in [-0.2, 0) is 4.79 Å². The van der Waals surface area contributed by atoms with Crippen LogP contribution in [-0.4, -0.2) is 22.5 Å². The Balaban J connectivity index is 1.60. The molecule has 6 heteroatoms. The highest BCUT2D eigenvalue weighted by Gasteiger charge is 2.36. The van der Waals surface area contributed by atoms with Crippen molar-refractivity contribution in [1.29, 1.82) is 0 Å². The van der Waals surface area contributed by atoms with Crippen molar-refractivity contribution in [3.63, 3.8) is 0 Å². The third-order valence-corrected chi connectivity index (χ3v) is 6.87. The molecule has 0 bridgehead atoms. The Morgan fingerprint density at radius 3 is 2.34 bits per heavy atom. The zero-order chi connectivity index (χ0) is 20.4. The normalized spacial score (nSPS) is 26.7. The van der Waals surface area contributed by atoms with Crippen LogP contribution >= 0.6 is 11.8 Å². The second kappa shape index (κ2) is 11.5. The van der Waals surface area contributed by atoms with Crippen LogP contribution in [0.25, 0.3) is 0 Å². The Morgan fingerprint density at radius 2 is 1.59 bits per heavy atom. The zero-order valence-electron chi connectivity index (χ0n) is 17.7. The van der Waals surface area contributed by atoms with Crippen molar-refractivity contribution in [1.82, 2.24) is 5.32 Å². The van der Waals surface area contributed by atoms with Gasteiger partial charge < -0.3 is 5.32 Å². The molecule has 1 N–H and O–H groups in total. The predicted octanol–water partition coefficient (Wildman–Crippen LogP) is 6.69. The molecule has 1 unspecified atom stereocenters. The smallest absolute Gasteiger partial charge is 0.219 e. The number of amides is 1. The molecule has 1 fully saturated rings. The Kier molecular flexibility index (Phi) is 8.71. The topological polar surface area (TPSA) is 66.2 Å². The molecule has 2 aliphatic heterocycles. The molecule has 158 valence electrons. The molecule has 0 radical (unpaired) electrons. The fourth-order valence-corrected chi connectivity index (χ4v) is 5.02. The molecule has 2 aliphatic rings. The molecule has 0 aliphatic carbocycles. The van der Waals surface area contributed by atoms with Gasteiger partial charge in [-0.15, -0.1) is 5.11 Å². The SMILES string of the molecule is Cc1ccc(N=C2N=NC3(CCCCCCCCCCC(=O)NCCC3)S2)cc1. The highest BCUT2D eigenvalue weighted by molar-refractivity contribution is 8.15. The van der Waals surface area contributed by atoms with Gasteiger partial charge in [0.1, 0.15) is 4.87 Å². The first-order chi connectivity index (χ1) is 14.2. The molecule has 1 aromatic rings. The van der Waals surface area contributed by atoms with E-state index in [1.165, 1.54) is 50.5 Å². The number of amidine groups is 1. The first kappa shape index (κ1) is 22.0. The number of carbonyl (C=O) groups is 1. The molecular weight excluding hydrogens is 380 g/mol. The van der Waals surface area contributed by atoms with E-state index in [1.54, 1.807) is 11.8 Å². The standard InChI is InChI=1S/C23H34N4OS/c1-19-12-14-20(15-13-19)25-22-26-27-23(29-22)16-9-7-5-3-2-4-6-8-11-21(28)24-18-10-17-23/h12-15H,2-11,16-18H2,1H3,(H,24,28). The van der Waals surface area contributed by atoms with Gasteiger partial charge in [-0.05, 0) is 44.7 Å². The van der Waals surface area contributed by atoms with E-state index < -0.39 is 0 Å². The minimum absolute atomic E-state index is 0.188. The number of hydrogen-bond donors (Lipinski definition) is 1. The highest BCUT2D eigenvalue weighted by Crippen LogP contribution is 2.43. The molecule has 0 saturated carbocycles. The van der Waals surface area contributed by atoms with Crippen molar-refractivity contribution in [2.24, 2.45) is 15.2 Å². The molecule has 1 atom stereocenters. The molecule has 3 rings (SSSR count). The molecular formula is C23H34N4OS. The fraction of sp³-hybridized carbons (Fsp3) is 0.652. The van der Waals surface area contributed by atoms with Crippen LogP contribution in [0.3, 0.4) is 0 Å². The molecule has 1 amide bonds. The molecule has 29 heavy (non-hydrogen) atoms. The van der Waals surface area contributed by atoms with Crippen molar-refractivity contribution in [3.8, 4) is 0 Å². The lowest BCUT2D eigenvalue weighted by molar-refractivity contribution is -0.121. The summed E-state index contributed by atoms with van der Waals surface area (Å²) in [7, 11) is 0. The van der Waals surface area contributed by atoms with Crippen molar-refractivity contribution in [3.05, 3.63) is 29.8 Å². The van der Waals surface area contributed by atoms with E-state index in [0.717, 1.165) is 43.1 Å². The molecule has 1 aromatic carbocycles. The number of nitrogens with one attached hydrogen (secondary N) is 1. The number of aryl methyl sites for hydroxylation is 1. The van der Waals surface area contributed by atoms with E-state index in [9.17, 15) is 4.79 Å². The van der Waals surface area contributed by atoms with Gasteiger partial charge >= 0.3 is 0 Å². The van der Waals surface area contributed by atoms with Crippen LogP contribution in [0.15, 0.2) is 39.5 Å². The van der Waals surface area contributed by atoms with Crippen LogP contribution in [0.2, 0.25) is 0 Å². The third kappa shape index (κ3) is 7.57. The summed E-state index contributed by atoms with van der Waals surface area (Å²) in [4.78, 5) is 16.5. The van der Waals surface area contributed by atoms with Crippen LogP contribution in [0, 0.1) is 6.92 Å². The van der Waals surface area contributed by atoms with Crippen LogP contribution < -0.4 is 5.32 Å². The number of hydrogen-bond acceptors (Lipinski definition) is 4. The average Bonchev–Trinajstić information content (AvgIpc) is 3.11. The monoisotopic (exact) mass is 414 g/mol. The van der Waals surface area contributed by atoms with E-state index >= 15 is 0 Å². The summed E-state index contributed by atoms with van der Waals surface area (Å²) in [5.41, 5.74) is 2.15. The van der Waals surface area contributed by atoms with Gasteiger partial charge in [0.15, 0.2) is 0 Å². The number of azo groups is 1. The van der Waals surface area contributed by atoms with Gasteiger partial charge in [-0.25, -0.2) is 4.99 Å². The number of aliphatic imine (C=N–C) groups is 1. The lowest BCUT2D eigenvalue weighted by Crippen LogP contribution is -2.27. The van der Waals surface area contributed by atoms with Crippen molar-refractivity contribution in [2.75, 3.05) is 6.54 Å². The lowest BCUT2D eigenvalue weighted by atomic mass is 10.0. The van der Waals surface area contributed by atoms with Gasteiger partial charge in [0.2, 0.25) is 11.1 Å². The lowest BCUT2D eigenvalue weighted by Gasteiger charge is -2.23. The first-order valence-electron chi connectivity index (χ1n) is 11.2. The third-order valence-electron chi connectivity index (χ3n) is 5.65. The molecule has 5 nitrogen and oxygen atoms in total. The van der Waals surface area contributed by atoms with Crippen molar-refractivity contribution >= 4 is 28.5 Å². The highest BCUT2D eigenvalue weighted by atomic mass is 32.2. The van der Waals surface area contributed by atoms with E-state index in [4.69, 9.17) is 4.99 Å². The van der Waals surface area contributed by atoms with Gasteiger partial charge in [0, 0.05) is 13.0 Å². The first-order valence-corrected chi connectivity index (χ1v) is 12.0. The maximum atomic E-state index is 12.0. The number of rotatable bonds is 1. The number of nitrogens with zero attached hydrogens (tertiary/aromatic N) is 3. The molecule has 2 heterocycles. The minimum atomic E-state index is -0.217. The summed E-state index contributed by atoms with van der Waals surface area (Å²) in [6.45, 7) is 2.80. The quantitative estimate of drug-likeness (QED) is 0.556. The minimum Gasteiger partial charge on any atom is -0.356 e. The number of carbonyl (C=O) groups excluding carboxylic acids is 1. The molecule has 1 saturated heterocycles. The Hall–Kier alpha value is -1.69. The van der Waals surface area contributed by atoms with Crippen molar-refractivity contribution in [2.45, 2.75) is 88.8 Å². The maximum absolute atomic E-state index is 12.0. The molecule has 1 spiro atoms. The predicted molar refractivity (Wildman–Crippen MR) is 122 cm³/mol. The average molecular weight is 415 g/mol. The zero-order valence-corrected chi connectivity index (χ0v) is 18.5. The summed E-state index contributed by atoms with van der Waals surface area (Å²) in [6.07, 6.45) is 13.3. The van der Waals surface area contributed by atoms with Crippen LogP contribution in [0.1, 0.15) is 82.6 Å². The second-order valence-electron chi connectivity index (χ2n) is 8.26. The van der Waals surface area contributed by atoms with E-state index in [0.29, 0.717) is 6.42 Å². The summed E-state index contributed by atoms with van der Waals surface area (Å²) in [5, 5.41) is 12.9. The summed E-state index contributed by atoms with van der Waals surface area (Å²) in [5.74, 6) is 0.188. The largest absolute Gasteiger partial charge is 0.356 e. The van der Waals surface area contributed by atoms with Gasteiger partial charge in [-0.2, -0.15) is 5.11 Å². The maximum Gasteiger partial charge on any atom is 0.219 e. The van der Waals surface area contributed by atoms with E-state index in [-0.39, 0.29) is 10.8 Å². The number of benzene rings is 1. The summed E-state index contributed by atoms with van der Waals surface area (Å²) >= 11 is 1.71. The Bertz CT molecular complexity index is 716. The van der Waals surface area contributed by atoms with Gasteiger partial charge in [0.05, 0.1) is 5.69 Å². The van der Waals surface area contributed by atoms with Crippen LogP contribution in [0.4, 0.5) is 5.69 Å². The van der Waals surface area contributed by atoms with Gasteiger partial charge in [-0.3, -0.25) is 4.79 Å². The second-order valence-corrected chi connectivity index (χ2v) is 9.59. The van der Waals surface area contributed by atoms with E-state index in [1.807, 2.05) is 12.1 Å². The molecule has 0 aromatic heterocycles. The van der Waals surface area contributed by atoms with E-state index in [2.05, 4.69) is 34.6 Å². The van der Waals surface area contributed by atoms with Crippen molar-refractivity contribution < 1.29 is 4.79 Å². The number of thioether (sulfide) groups is 1. The van der Waals surface area contributed by atoms with Crippen LogP contribution in [0.5, 0.6) is 0 Å². The van der Waals surface area contributed by atoms with Gasteiger partial charge in [0.25, 0.3) is 0 Å². The summed E-state index contributed by atoms with van der Waals surface area (Å²) in [6, 6.07) is 8.19. The summed E-state index contributed by atoms with van der Waals surface area (Å²) < 4.78 is 0. The Morgan fingerprint density at radius 1 is 0.931 bits per heavy atom.